The van der Waals surface area contributed by atoms with Crippen LogP contribution in [0.15, 0.2) is 30.3 Å². The van der Waals surface area contributed by atoms with Gasteiger partial charge in [0.2, 0.25) is 59.1 Å². The number of aliphatic carboxylic acids is 2. The highest BCUT2D eigenvalue weighted by Gasteiger charge is 2.37. The van der Waals surface area contributed by atoms with E-state index in [1.807, 2.05) is 0 Å². The highest BCUT2D eigenvalue weighted by Crippen LogP contribution is 2.13. The molecule has 1 aromatic rings. The highest BCUT2D eigenvalue weighted by atomic mass is 16.4. The van der Waals surface area contributed by atoms with E-state index in [1.54, 1.807) is 71.9 Å². The van der Waals surface area contributed by atoms with Gasteiger partial charge < -0.3 is 80.8 Å². The Hall–Kier alpha value is -7.26. The molecule has 1 aromatic carbocycles. The van der Waals surface area contributed by atoms with Crippen molar-refractivity contribution in [3.63, 3.8) is 0 Å². The maximum atomic E-state index is 14.0. The lowest BCUT2D eigenvalue weighted by molar-refractivity contribution is -0.144. The van der Waals surface area contributed by atoms with Crippen LogP contribution >= 0.6 is 0 Å². The smallest absolute Gasteiger partial charge is 0.326 e. The number of aliphatic hydroxyl groups is 1. The number of carboxylic acids is 2. The third-order valence-electron chi connectivity index (χ3n) is 12.0. The van der Waals surface area contributed by atoms with E-state index in [0.29, 0.717) is 12.8 Å². The number of benzene rings is 1. The van der Waals surface area contributed by atoms with Gasteiger partial charge in [0.05, 0.1) is 19.1 Å². The van der Waals surface area contributed by atoms with Gasteiger partial charge in [-0.1, -0.05) is 78.3 Å². The van der Waals surface area contributed by atoms with Gasteiger partial charge in [-0.3, -0.25) is 52.7 Å². The molecule has 1 rings (SSSR count). The van der Waals surface area contributed by atoms with Crippen LogP contribution in [0, 0.1) is 17.8 Å². The van der Waals surface area contributed by atoms with Crippen LogP contribution in [0.1, 0.15) is 111 Å². The maximum absolute atomic E-state index is 14.0. The molecular formula is C49H80N12O15. The van der Waals surface area contributed by atoms with Gasteiger partial charge in [0.15, 0.2) is 0 Å². The summed E-state index contributed by atoms with van der Waals surface area (Å²) in [7, 11) is 0. The lowest BCUT2D eigenvalue weighted by Crippen LogP contribution is -2.61. The van der Waals surface area contributed by atoms with Crippen molar-refractivity contribution in [2.75, 3.05) is 13.2 Å². The van der Waals surface area contributed by atoms with Gasteiger partial charge in [0.1, 0.15) is 48.3 Å². The van der Waals surface area contributed by atoms with Crippen LogP contribution in [0.2, 0.25) is 0 Å². The number of unbranched alkanes of at least 4 members (excludes halogenated alkanes) is 1. The molecule has 0 bridgehead atoms. The Morgan fingerprint density at radius 3 is 1.47 bits per heavy atom. The van der Waals surface area contributed by atoms with E-state index in [-0.39, 0.29) is 38.1 Å². The first-order valence-corrected chi connectivity index (χ1v) is 25.2. The predicted molar refractivity (Wildman–Crippen MR) is 274 cm³/mol. The van der Waals surface area contributed by atoms with Crippen molar-refractivity contribution in [2.45, 2.75) is 167 Å². The number of nitrogens with two attached hydrogens (primary N) is 4. The third kappa shape index (κ3) is 24.8. The largest absolute Gasteiger partial charge is 0.481 e. The number of hydrogen-bond donors (Lipinski definition) is 15. The number of carbonyl (C=O) groups excluding carboxylic acids is 10. The van der Waals surface area contributed by atoms with Crippen LogP contribution in [0.5, 0.6) is 0 Å². The average Bonchev–Trinajstić information content (AvgIpc) is 3.34. The van der Waals surface area contributed by atoms with Crippen molar-refractivity contribution in [2.24, 2.45) is 40.7 Å². The van der Waals surface area contributed by atoms with Crippen LogP contribution in [0.3, 0.4) is 0 Å². The van der Waals surface area contributed by atoms with Gasteiger partial charge in [-0.2, -0.15) is 0 Å². The third-order valence-corrected chi connectivity index (χ3v) is 12.0. The Morgan fingerprint density at radius 2 is 1.00 bits per heavy atom. The second-order valence-corrected chi connectivity index (χ2v) is 19.3. The zero-order chi connectivity index (χ0) is 57.8. The number of rotatable bonds is 37. The molecule has 0 spiro atoms. The van der Waals surface area contributed by atoms with Gasteiger partial charge in [-0.25, -0.2) is 4.79 Å². The van der Waals surface area contributed by atoms with E-state index in [9.17, 15) is 72.9 Å². The number of hydrogen-bond acceptors (Lipinski definition) is 15. The Balaban J connectivity index is 3.45. The number of carboxylic acid groups (broad SMARTS) is 2. The van der Waals surface area contributed by atoms with E-state index in [0.717, 1.165) is 5.56 Å². The molecule has 27 nitrogen and oxygen atoms in total. The van der Waals surface area contributed by atoms with E-state index in [1.165, 1.54) is 0 Å². The summed E-state index contributed by atoms with van der Waals surface area (Å²) < 4.78 is 0. The van der Waals surface area contributed by atoms with Crippen molar-refractivity contribution in [3.05, 3.63) is 35.9 Å². The predicted octanol–water partition coefficient (Wildman–Crippen LogP) is -3.61. The Kier molecular flexibility index (Phi) is 30.2. The fourth-order valence-electron chi connectivity index (χ4n) is 7.48. The molecule has 0 unspecified atom stereocenters. The molecule has 0 heterocycles. The summed E-state index contributed by atoms with van der Waals surface area (Å²) in [5.41, 5.74) is 23.3. The molecule has 0 radical (unpaired) electrons. The summed E-state index contributed by atoms with van der Waals surface area (Å²) in [5, 5.41) is 48.7. The van der Waals surface area contributed by atoms with E-state index in [4.69, 9.17) is 22.9 Å². The van der Waals surface area contributed by atoms with E-state index < -0.39 is 176 Å². The molecule has 0 aliphatic rings. The van der Waals surface area contributed by atoms with E-state index in [2.05, 4.69) is 42.5 Å². The first kappa shape index (κ1) is 66.8. The zero-order valence-corrected chi connectivity index (χ0v) is 44.1. The molecule has 0 saturated carbocycles. The van der Waals surface area contributed by atoms with Crippen molar-refractivity contribution in [3.8, 4) is 0 Å². The fourth-order valence-corrected chi connectivity index (χ4v) is 7.48. The molecule has 426 valence electrons. The lowest BCUT2D eigenvalue weighted by atomic mass is 9.97. The maximum Gasteiger partial charge on any atom is 0.326 e. The summed E-state index contributed by atoms with van der Waals surface area (Å²) in [4.78, 5) is 157. The molecule has 0 saturated heterocycles. The van der Waals surface area contributed by atoms with Crippen molar-refractivity contribution in [1.82, 2.24) is 42.5 Å². The zero-order valence-electron chi connectivity index (χ0n) is 44.1. The molecule has 19 N–H and O–H groups in total. The second kappa shape index (κ2) is 34.3. The van der Waals surface area contributed by atoms with Gasteiger partial charge in [0.25, 0.3) is 0 Å². The van der Waals surface area contributed by atoms with Crippen molar-refractivity contribution in [1.29, 1.82) is 0 Å². The number of amides is 10. The molecule has 0 aliphatic heterocycles. The first-order chi connectivity index (χ1) is 35.6. The molecule has 27 heteroatoms. The summed E-state index contributed by atoms with van der Waals surface area (Å²) in [5.74, 6) is -14.2. The van der Waals surface area contributed by atoms with Gasteiger partial charge in [-0.05, 0) is 74.8 Å². The van der Waals surface area contributed by atoms with Gasteiger partial charge >= 0.3 is 11.9 Å². The Morgan fingerprint density at radius 1 is 0.539 bits per heavy atom. The highest BCUT2D eigenvalue weighted by molar-refractivity contribution is 5.99. The minimum atomic E-state index is -1.92. The number of carbonyl (C=O) groups is 12. The van der Waals surface area contributed by atoms with Crippen LogP contribution in [-0.2, 0) is 64.0 Å². The van der Waals surface area contributed by atoms with Crippen LogP contribution < -0.4 is 65.5 Å². The molecule has 10 amide bonds. The first-order valence-electron chi connectivity index (χ1n) is 25.2. The summed E-state index contributed by atoms with van der Waals surface area (Å²) in [6, 6.07) is -4.68. The molecule has 0 fully saturated rings. The van der Waals surface area contributed by atoms with Crippen LogP contribution in [0.4, 0.5) is 0 Å². The molecule has 76 heavy (non-hydrogen) atoms. The number of nitrogens with one attached hydrogen (secondary N) is 8. The quantitative estimate of drug-likeness (QED) is 0.0286. The average molecular weight is 1080 g/mol. The SMILES string of the molecule is CC[C@H](C)[C@H](NC(=O)[C@@H](NC(=O)[C@H](CCC(N)=O)NC(=O)[C@H](CC(N)=O)NC(=O)[C@H](CCC(=O)O)NC(=O)[C@H](CCCCN)NC(=O)[C@H](CO)NC(=O)[C@H](CC(C)C)NC(=O)[C@@H](N)Cc1ccccc1)C(C)C)C(=O)O. The summed E-state index contributed by atoms with van der Waals surface area (Å²) in [6.07, 6.45) is -2.25. The Bertz CT molecular complexity index is 2150. The van der Waals surface area contributed by atoms with Crippen LogP contribution in [0.25, 0.3) is 0 Å². The van der Waals surface area contributed by atoms with Gasteiger partial charge in [0, 0.05) is 12.8 Å². The molecule has 0 aliphatic carbocycles. The summed E-state index contributed by atoms with van der Waals surface area (Å²) in [6.45, 7) is 9.14. The lowest BCUT2D eigenvalue weighted by Gasteiger charge is -2.29. The second-order valence-electron chi connectivity index (χ2n) is 19.3. The fraction of sp³-hybridized carbons (Fsp3) is 0.633. The van der Waals surface area contributed by atoms with Crippen molar-refractivity contribution >= 4 is 71.0 Å². The molecule has 0 aromatic heterocycles. The minimum Gasteiger partial charge on any atom is -0.481 e. The monoisotopic (exact) mass is 1080 g/mol. The minimum absolute atomic E-state index is 0.0991. The van der Waals surface area contributed by atoms with Crippen LogP contribution in [-0.4, -0.2) is 154 Å². The summed E-state index contributed by atoms with van der Waals surface area (Å²) >= 11 is 0. The normalized spacial score (nSPS) is 15.1. The van der Waals surface area contributed by atoms with E-state index >= 15 is 0 Å². The molecular weight excluding hydrogens is 997 g/mol. The Labute approximate surface area is 441 Å². The molecule has 10 atom stereocenters. The topological polar surface area (TPSA) is 466 Å². The number of aliphatic hydroxyl groups excluding tert-OH is 1. The standard InChI is InChI=1S/C49H80N12O15/c1-7-27(6)40(49(75)76)61-48(74)39(26(4)5)60-44(70)31(16-18-36(52)63)56-46(72)34(23-37(53)64)58-43(69)32(17-19-38(65)66)55-42(68)30(15-11-12-20-50)54-47(73)35(24-62)59-45(71)33(21-25(2)3)57-41(67)29(51)22-28-13-9-8-10-14-28/h8-10,13-14,25-27,29-35,39-40,62H,7,11-12,15-24,50-51H2,1-6H3,(H2,52,63)(H2,53,64)(H,54,73)(H,55,68)(H,56,72)(H,57,67)(H,58,69)(H,59,71)(H,60,70)(H,61,74)(H,65,66)(H,75,76)/t27-,29-,30-,31-,32-,33-,34-,35-,39-,40-/m0/s1. The number of primary amides is 2. The van der Waals surface area contributed by atoms with Crippen molar-refractivity contribution < 1.29 is 72.9 Å². The van der Waals surface area contributed by atoms with Gasteiger partial charge in [-0.15, -0.1) is 0 Å².